The van der Waals surface area contributed by atoms with Gasteiger partial charge >= 0.3 is 0 Å². The Bertz CT molecular complexity index is 554. The summed E-state index contributed by atoms with van der Waals surface area (Å²) in [5, 5.41) is 3.27. The van der Waals surface area contributed by atoms with Gasteiger partial charge in [0.15, 0.2) is 11.6 Å². The molecular formula is C12H13Br2N3O. The van der Waals surface area contributed by atoms with E-state index in [0.717, 1.165) is 33.4 Å². The summed E-state index contributed by atoms with van der Waals surface area (Å²) in [5.74, 6) is 2.01. The van der Waals surface area contributed by atoms with Crippen LogP contribution >= 0.6 is 31.9 Å². The van der Waals surface area contributed by atoms with Crippen LogP contribution in [0.25, 0.3) is 11.6 Å². The van der Waals surface area contributed by atoms with Crippen molar-refractivity contribution in [1.82, 2.24) is 9.97 Å². The van der Waals surface area contributed by atoms with Crippen molar-refractivity contribution in [3.05, 3.63) is 27.0 Å². The molecule has 0 amide bonds. The molecule has 0 atom stereocenters. The molecule has 0 bridgehead atoms. The highest BCUT2D eigenvalue weighted by atomic mass is 79.9. The first-order valence-corrected chi connectivity index (χ1v) is 7.23. The van der Waals surface area contributed by atoms with E-state index in [1.165, 1.54) is 0 Å². The number of rotatable bonds is 4. The Balaban J connectivity index is 2.44. The van der Waals surface area contributed by atoms with Gasteiger partial charge in [-0.25, -0.2) is 9.97 Å². The first kappa shape index (κ1) is 13.5. The predicted molar refractivity (Wildman–Crippen MR) is 78.7 cm³/mol. The maximum Gasteiger partial charge on any atom is 0.199 e. The molecule has 0 saturated heterocycles. The largest absolute Gasteiger partial charge is 0.460 e. The molecule has 0 unspecified atom stereocenters. The minimum Gasteiger partial charge on any atom is -0.460 e. The molecule has 2 rings (SSSR count). The number of anilines is 1. The first-order valence-electron chi connectivity index (χ1n) is 5.64. The molecule has 0 radical (unpaired) electrons. The van der Waals surface area contributed by atoms with E-state index in [9.17, 15) is 0 Å². The van der Waals surface area contributed by atoms with E-state index in [1.54, 1.807) is 6.26 Å². The number of hydrogen-bond acceptors (Lipinski definition) is 4. The lowest BCUT2D eigenvalue weighted by Crippen LogP contribution is -2.06. The fourth-order valence-corrected chi connectivity index (χ4v) is 2.17. The van der Waals surface area contributed by atoms with Crippen LogP contribution in [0.15, 0.2) is 25.7 Å². The van der Waals surface area contributed by atoms with Crippen molar-refractivity contribution in [2.75, 3.05) is 11.9 Å². The van der Waals surface area contributed by atoms with Gasteiger partial charge in [0.05, 0.1) is 20.9 Å². The normalized spacial score (nSPS) is 10.7. The van der Waals surface area contributed by atoms with Gasteiger partial charge in [0, 0.05) is 6.54 Å². The fraction of sp³-hybridized carbons (Fsp3) is 0.333. The van der Waals surface area contributed by atoms with Crippen LogP contribution in [0.2, 0.25) is 0 Å². The van der Waals surface area contributed by atoms with E-state index in [0.29, 0.717) is 11.6 Å². The zero-order valence-electron chi connectivity index (χ0n) is 10.1. The van der Waals surface area contributed by atoms with Crippen LogP contribution in [0.3, 0.4) is 0 Å². The van der Waals surface area contributed by atoms with Crippen molar-refractivity contribution in [2.45, 2.75) is 20.3 Å². The second-order valence-corrected chi connectivity index (χ2v) is 5.47. The third-order valence-electron chi connectivity index (χ3n) is 2.38. The van der Waals surface area contributed by atoms with Gasteiger partial charge in [-0.1, -0.05) is 6.92 Å². The number of hydrogen-bond donors (Lipinski definition) is 1. The van der Waals surface area contributed by atoms with Gasteiger partial charge in [-0.2, -0.15) is 0 Å². The molecule has 0 aliphatic carbocycles. The summed E-state index contributed by atoms with van der Waals surface area (Å²) < 4.78 is 7.13. The van der Waals surface area contributed by atoms with Crippen molar-refractivity contribution < 1.29 is 4.42 Å². The molecule has 4 nitrogen and oxygen atoms in total. The van der Waals surface area contributed by atoms with E-state index < -0.39 is 0 Å². The monoisotopic (exact) mass is 373 g/mol. The summed E-state index contributed by atoms with van der Waals surface area (Å²) in [6.45, 7) is 4.91. The number of aryl methyl sites for hydroxylation is 1. The van der Waals surface area contributed by atoms with Crippen molar-refractivity contribution in [3.8, 4) is 11.6 Å². The maximum atomic E-state index is 5.39. The molecule has 2 aromatic rings. The van der Waals surface area contributed by atoms with E-state index in [1.807, 2.05) is 13.0 Å². The SMILES string of the molecule is CCCNc1nc(-c2occc2Br)nc(C)c1Br. The van der Waals surface area contributed by atoms with Crippen LogP contribution in [0.1, 0.15) is 19.0 Å². The predicted octanol–water partition coefficient (Wildman–Crippen LogP) is 4.39. The Kier molecular flexibility index (Phi) is 4.40. The molecule has 0 saturated carbocycles. The lowest BCUT2D eigenvalue weighted by molar-refractivity contribution is 0.575. The van der Waals surface area contributed by atoms with Crippen molar-refractivity contribution in [3.63, 3.8) is 0 Å². The molecule has 0 aromatic carbocycles. The molecule has 1 N–H and O–H groups in total. The summed E-state index contributed by atoms with van der Waals surface area (Å²) >= 11 is 6.91. The Morgan fingerprint density at radius 2 is 2.11 bits per heavy atom. The third kappa shape index (κ3) is 2.75. The standard InChI is InChI=1S/C12H13Br2N3O/c1-3-5-15-11-9(14)7(2)16-12(17-11)10-8(13)4-6-18-10/h4,6H,3,5H2,1-2H3,(H,15,16,17). The van der Waals surface area contributed by atoms with Gasteiger partial charge in [-0.15, -0.1) is 0 Å². The smallest absolute Gasteiger partial charge is 0.199 e. The quantitative estimate of drug-likeness (QED) is 0.861. The Morgan fingerprint density at radius 1 is 1.33 bits per heavy atom. The number of nitrogens with zero attached hydrogens (tertiary/aromatic N) is 2. The molecule has 2 heterocycles. The van der Waals surface area contributed by atoms with Crippen LogP contribution < -0.4 is 5.32 Å². The molecule has 6 heteroatoms. The van der Waals surface area contributed by atoms with Crippen LogP contribution in [-0.4, -0.2) is 16.5 Å². The van der Waals surface area contributed by atoms with Crippen LogP contribution in [0.5, 0.6) is 0 Å². The molecule has 0 aliphatic heterocycles. The summed E-state index contributed by atoms with van der Waals surface area (Å²) in [7, 11) is 0. The summed E-state index contributed by atoms with van der Waals surface area (Å²) in [6, 6.07) is 1.83. The van der Waals surface area contributed by atoms with Crippen LogP contribution in [-0.2, 0) is 0 Å². The van der Waals surface area contributed by atoms with Gasteiger partial charge in [0.2, 0.25) is 0 Å². The Morgan fingerprint density at radius 3 is 2.72 bits per heavy atom. The lowest BCUT2D eigenvalue weighted by atomic mass is 10.3. The highest BCUT2D eigenvalue weighted by molar-refractivity contribution is 9.11. The number of halogens is 2. The third-order valence-corrected chi connectivity index (χ3v) is 3.95. The van der Waals surface area contributed by atoms with Gasteiger partial charge < -0.3 is 9.73 Å². The van der Waals surface area contributed by atoms with Gasteiger partial charge in [0.25, 0.3) is 0 Å². The molecule has 2 aromatic heterocycles. The topological polar surface area (TPSA) is 51.0 Å². The maximum absolute atomic E-state index is 5.39. The van der Waals surface area contributed by atoms with E-state index in [2.05, 4.69) is 54.1 Å². The number of nitrogens with one attached hydrogen (secondary N) is 1. The molecule has 0 fully saturated rings. The lowest BCUT2D eigenvalue weighted by Gasteiger charge is -2.09. The fourth-order valence-electron chi connectivity index (χ4n) is 1.47. The van der Waals surface area contributed by atoms with Gasteiger partial charge in [0.1, 0.15) is 5.82 Å². The molecule has 0 aliphatic rings. The van der Waals surface area contributed by atoms with Crippen LogP contribution in [0.4, 0.5) is 5.82 Å². The summed E-state index contributed by atoms with van der Waals surface area (Å²) in [5.41, 5.74) is 0.877. The van der Waals surface area contributed by atoms with Crippen molar-refractivity contribution in [1.29, 1.82) is 0 Å². The Labute approximate surface area is 122 Å². The average molecular weight is 375 g/mol. The molecule has 18 heavy (non-hydrogen) atoms. The second-order valence-electron chi connectivity index (χ2n) is 3.82. The second kappa shape index (κ2) is 5.84. The highest BCUT2D eigenvalue weighted by Gasteiger charge is 2.14. The molecule has 0 spiro atoms. The molecular weight excluding hydrogens is 362 g/mol. The van der Waals surface area contributed by atoms with Gasteiger partial charge in [-0.05, 0) is 51.3 Å². The highest BCUT2D eigenvalue weighted by Crippen LogP contribution is 2.31. The minimum atomic E-state index is 0.575. The Hall–Kier alpha value is -0.880. The van der Waals surface area contributed by atoms with Crippen molar-refractivity contribution >= 4 is 37.7 Å². The molecule has 96 valence electrons. The van der Waals surface area contributed by atoms with E-state index in [4.69, 9.17) is 4.42 Å². The van der Waals surface area contributed by atoms with Gasteiger partial charge in [-0.3, -0.25) is 0 Å². The minimum absolute atomic E-state index is 0.575. The van der Waals surface area contributed by atoms with E-state index in [-0.39, 0.29) is 0 Å². The summed E-state index contributed by atoms with van der Waals surface area (Å²) in [4.78, 5) is 8.90. The first-order chi connectivity index (χ1) is 8.63. The average Bonchev–Trinajstić information content (AvgIpc) is 2.77. The number of aromatic nitrogens is 2. The van der Waals surface area contributed by atoms with E-state index >= 15 is 0 Å². The van der Waals surface area contributed by atoms with Crippen LogP contribution in [0, 0.1) is 6.92 Å². The van der Waals surface area contributed by atoms with Crippen molar-refractivity contribution in [2.24, 2.45) is 0 Å². The number of furan rings is 1. The zero-order valence-corrected chi connectivity index (χ0v) is 13.3. The summed E-state index contributed by atoms with van der Waals surface area (Å²) in [6.07, 6.45) is 2.65. The zero-order chi connectivity index (χ0) is 13.1.